The number of carbonyl (C=O) groups is 2. The second-order valence-electron chi connectivity index (χ2n) is 6.18. The van der Waals surface area contributed by atoms with Crippen LogP contribution in [0.2, 0.25) is 0 Å². The van der Waals surface area contributed by atoms with Gasteiger partial charge in [0, 0.05) is 17.1 Å². The maximum absolute atomic E-state index is 13.1. The summed E-state index contributed by atoms with van der Waals surface area (Å²) in [6, 6.07) is 12.7. The van der Waals surface area contributed by atoms with Crippen LogP contribution in [0, 0.1) is 17.1 Å². The van der Waals surface area contributed by atoms with E-state index in [1.807, 2.05) is 12.1 Å². The lowest BCUT2D eigenvalue weighted by Crippen LogP contribution is -2.35. The first-order chi connectivity index (χ1) is 14.6. The fraction of sp³-hybridized carbons (Fsp3) is 0.286. The number of hydrogen-bond donors (Lipinski definition) is 0. The minimum Gasteiger partial charge on any atom is -0.486 e. The van der Waals surface area contributed by atoms with E-state index in [2.05, 4.69) is 0 Å². The molecule has 30 heavy (non-hydrogen) atoms. The zero-order valence-corrected chi connectivity index (χ0v) is 16.8. The maximum atomic E-state index is 13.1. The summed E-state index contributed by atoms with van der Waals surface area (Å²) in [5.41, 5.74) is 0.429. The zero-order valence-electron chi connectivity index (χ0n) is 16.0. The number of fused-ring (bicyclic) bond motifs is 1. The summed E-state index contributed by atoms with van der Waals surface area (Å²) in [4.78, 5) is 26.6. The van der Waals surface area contributed by atoms with E-state index in [0.717, 1.165) is 4.90 Å². The Balaban J connectivity index is 1.51. The Kier molecular flexibility index (Phi) is 7.51. The molecule has 1 aliphatic rings. The molecule has 0 aromatic heterocycles. The summed E-state index contributed by atoms with van der Waals surface area (Å²) in [5.74, 6) is -0.174. The molecule has 0 saturated carbocycles. The number of nitrogens with zero attached hydrogens (tertiary/aromatic N) is 2. The number of carbonyl (C=O) groups excluding carboxylic acids is 2. The summed E-state index contributed by atoms with van der Waals surface area (Å²) in [5, 5.41) is 8.81. The van der Waals surface area contributed by atoms with Crippen LogP contribution < -0.4 is 14.4 Å². The highest BCUT2D eigenvalue weighted by Gasteiger charge is 2.18. The average Bonchev–Trinajstić information content (AvgIpc) is 2.77. The molecular formula is C21H19FN2O5S. The van der Waals surface area contributed by atoms with Gasteiger partial charge in [0.1, 0.15) is 19.0 Å². The molecule has 0 saturated heterocycles. The summed E-state index contributed by atoms with van der Waals surface area (Å²) in [7, 11) is 0. The lowest BCUT2D eigenvalue weighted by atomic mass is 10.2. The monoisotopic (exact) mass is 430 g/mol. The minimum atomic E-state index is -0.553. The third-order valence-corrected chi connectivity index (χ3v) is 5.08. The van der Waals surface area contributed by atoms with Gasteiger partial charge in [0.25, 0.3) is 5.91 Å². The molecule has 7 nitrogen and oxygen atoms in total. The van der Waals surface area contributed by atoms with E-state index >= 15 is 0 Å². The van der Waals surface area contributed by atoms with Crippen molar-refractivity contribution in [3.8, 4) is 17.6 Å². The minimum absolute atomic E-state index is 0.0155. The van der Waals surface area contributed by atoms with Crippen LogP contribution in [0.5, 0.6) is 11.5 Å². The molecule has 0 radical (unpaired) electrons. The van der Waals surface area contributed by atoms with Crippen molar-refractivity contribution < 1.29 is 28.2 Å². The summed E-state index contributed by atoms with van der Waals surface area (Å²) in [6.45, 7) is 0.624. The highest BCUT2D eigenvalue weighted by molar-refractivity contribution is 8.00. The normalized spacial score (nSPS) is 12.0. The Labute approximate surface area is 177 Å². The predicted molar refractivity (Wildman–Crippen MR) is 108 cm³/mol. The molecule has 1 heterocycles. The quantitative estimate of drug-likeness (QED) is 0.469. The van der Waals surface area contributed by atoms with Gasteiger partial charge in [-0.05, 0) is 42.5 Å². The van der Waals surface area contributed by atoms with Crippen LogP contribution in [0.1, 0.15) is 6.42 Å². The van der Waals surface area contributed by atoms with Gasteiger partial charge in [-0.1, -0.05) is 0 Å². The van der Waals surface area contributed by atoms with Crippen LogP contribution in [0.4, 0.5) is 10.1 Å². The van der Waals surface area contributed by atoms with E-state index in [4.69, 9.17) is 19.5 Å². The summed E-state index contributed by atoms with van der Waals surface area (Å²) < 4.78 is 29.2. The number of hydrogen-bond acceptors (Lipinski definition) is 7. The third kappa shape index (κ3) is 5.87. The van der Waals surface area contributed by atoms with E-state index in [-0.39, 0.29) is 18.7 Å². The van der Waals surface area contributed by atoms with Crippen LogP contribution in [-0.4, -0.2) is 44.0 Å². The van der Waals surface area contributed by atoms with Crippen LogP contribution in [0.25, 0.3) is 0 Å². The van der Waals surface area contributed by atoms with Crippen LogP contribution >= 0.6 is 11.8 Å². The first kappa shape index (κ1) is 21.5. The molecule has 0 spiro atoms. The molecule has 3 rings (SSSR count). The van der Waals surface area contributed by atoms with E-state index in [1.165, 1.54) is 40.9 Å². The van der Waals surface area contributed by atoms with E-state index in [1.54, 1.807) is 12.1 Å². The number of halogens is 1. The zero-order chi connectivity index (χ0) is 21.3. The van der Waals surface area contributed by atoms with Crippen molar-refractivity contribution in [3.63, 3.8) is 0 Å². The molecule has 0 N–H and O–H groups in total. The number of benzene rings is 2. The Morgan fingerprint density at radius 2 is 1.87 bits per heavy atom. The second-order valence-corrected chi connectivity index (χ2v) is 7.23. The van der Waals surface area contributed by atoms with Gasteiger partial charge in [0.15, 0.2) is 18.1 Å². The Hall–Kier alpha value is -3.25. The number of nitriles is 1. The molecule has 0 atom stereocenters. The molecule has 1 aliphatic heterocycles. The Bertz CT molecular complexity index is 945. The van der Waals surface area contributed by atoms with Crippen molar-refractivity contribution in [1.82, 2.24) is 0 Å². The van der Waals surface area contributed by atoms with Crippen LogP contribution in [0.3, 0.4) is 0 Å². The molecule has 9 heteroatoms. The molecule has 2 aromatic rings. The van der Waals surface area contributed by atoms with Crippen molar-refractivity contribution in [2.75, 3.05) is 37.0 Å². The molecule has 156 valence electrons. The Morgan fingerprint density at radius 1 is 1.13 bits per heavy atom. The number of amides is 1. The van der Waals surface area contributed by atoms with Gasteiger partial charge in [-0.2, -0.15) is 5.26 Å². The number of thioether (sulfide) groups is 1. The predicted octanol–water partition coefficient (Wildman–Crippen LogP) is 3.18. The molecule has 0 bridgehead atoms. The van der Waals surface area contributed by atoms with Gasteiger partial charge in [0.2, 0.25) is 0 Å². The van der Waals surface area contributed by atoms with Crippen molar-refractivity contribution in [3.05, 3.63) is 48.3 Å². The summed E-state index contributed by atoms with van der Waals surface area (Å²) in [6.07, 6.45) is 0.0943. The third-order valence-electron chi connectivity index (χ3n) is 4.11. The van der Waals surface area contributed by atoms with Gasteiger partial charge in [-0.15, -0.1) is 11.8 Å². The lowest BCUT2D eigenvalue weighted by molar-refractivity contribution is -0.145. The van der Waals surface area contributed by atoms with Crippen molar-refractivity contribution in [2.24, 2.45) is 0 Å². The number of esters is 1. The highest BCUT2D eigenvalue weighted by Crippen LogP contribution is 2.34. The maximum Gasteiger partial charge on any atom is 0.316 e. The SMILES string of the molecule is N#CCCN(C(=O)COC(=O)CSc1ccc2c(c1)OCCO2)c1ccc(F)cc1. The second kappa shape index (κ2) is 10.5. The van der Waals surface area contributed by atoms with Crippen molar-refractivity contribution in [2.45, 2.75) is 11.3 Å². The molecule has 1 amide bonds. The molecule has 0 fully saturated rings. The van der Waals surface area contributed by atoms with E-state index in [0.29, 0.717) is 30.4 Å². The van der Waals surface area contributed by atoms with Gasteiger partial charge in [0.05, 0.1) is 18.2 Å². The highest BCUT2D eigenvalue weighted by atomic mass is 32.2. The van der Waals surface area contributed by atoms with Crippen molar-refractivity contribution >= 4 is 29.3 Å². The smallest absolute Gasteiger partial charge is 0.316 e. The molecule has 0 aliphatic carbocycles. The van der Waals surface area contributed by atoms with E-state index in [9.17, 15) is 14.0 Å². The standard InChI is InChI=1S/C21H19FN2O5S/c22-15-2-4-16(5-3-15)24(9-1-8-23)20(25)13-29-21(26)14-30-17-6-7-18-19(12-17)28-11-10-27-18/h2-7,12H,1,9-11,13-14H2. The van der Waals surface area contributed by atoms with Crippen LogP contribution in [0.15, 0.2) is 47.4 Å². The molecule has 2 aromatic carbocycles. The van der Waals surface area contributed by atoms with E-state index < -0.39 is 24.3 Å². The fourth-order valence-corrected chi connectivity index (χ4v) is 3.42. The average molecular weight is 430 g/mol. The molecular weight excluding hydrogens is 411 g/mol. The first-order valence-electron chi connectivity index (χ1n) is 9.18. The van der Waals surface area contributed by atoms with Crippen LogP contribution in [-0.2, 0) is 14.3 Å². The number of anilines is 1. The topological polar surface area (TPSA) is 88.9 Å². The fourth-order valence-electron chi connectivity index (χ4n) is 2.70. The summed E-state index contributed by atoms with van der Waals surface area (Å²) >= 11 is 1.25. The van der Waals surface area contributed by atoms with Gasteiger partial charge in [-0.25, -0.2) is 4.39 Å². The van der Waals surface area contributed by atoms with Crippen molar-refractivity contribution in [1.29, 1.82) is 5.26 Å². The van der Waals surface area contributed by atoms with Gasteiger partial charge >= 0.3 is 5.97 Å². The first-order valence-corrected chi connectivity index (χ1v) is 10.2. The molecule has 0 unspecified atom stereocenters. The number of ether oxygens (including phenoxy) is 3. The number of rotatable bonds is 8. The Morgan fingerprint density at radius 3 is 2.60 bits per heavy atom. The largest absolute Gasteiger partial charge is 0.486 e. The van der Waals surface area contributed by atoms with Gasteiger partial charge < -0.3 is 19.1 Å². The lowest BCUT2D eigenvalue weighted by Gasteiger charge is -2.21. The van der Waals surface area contributed by atoms with Gasteiger partial charge in [-0.3, -0.25) is 9.59 Å².